The van der Waals surface area contributed by atoms with Gasteiger partial charge in [-0.2, -0.15) is 9.97 Å². The third-order valence-electron chi connectivity index (χ3n) is 8.74. The summed E-state index contributed by atoms with van der Waals surface area (Å²) >= 11 is 0. The molecule has 0 saturated heterocycles. The van der Waals surface area contributed by atoms with Crippen molar-refractivity contribution in [3.8, 4) is 51.0 Å². The number of furan rings is 1. The molecule has 0 bridgehead atoms. The van der Waals surface area contributed by atoms with Crippen molar-refractivity contribution >= 4 is 43.7 Å². The molecule has 0 aliphatic heterocycles. The van der Waals surface area contributed by atoms with Gasteiger partial charge in [-0.15, -0.1) is 0 Å². The quantitative estimate of drug-likeness (QED) is 0.186. The molecule has 7 aromatic carbocycles. The number of fused-ring (bicyclic) bond motifs is 6. The van der Waals surface area contributed by atoms with Gasteiger partial charge >= 0.3 is 0 Å². The Labute approximate surface area is 301 Å². The van der Waals surface area contributed by atoms with Gasteiger partial charge in [0.1, 0.15) is 11.2 Å². The topological polar surface area (TPSA) is 56.7 Å². The molecule has 0 spiro atoms. The molecule has 50 heavy (non-hydrogen) atoms. The first-order chi connectivity index (χ1) is 28.9. The summed E-state index contributed by atoms with van der Waals surface area (Å²) in [4.78, 5) is 14.7. The molecule has 5 heteroatoms. The fraction of sp³-hybridized carbons (Fsp3) is 0. The number of aromatic nitrogens is 4. The van der Waals surface area contributed by atoms with Gasteiger partial charge in [0.05, 0.1) is 24.7 Å². The fourth-order valence-corrected chi connectivity index (χ4v) is 6.30. The summed E-state index contributed by atoms with van der Waals surface area (Å²) in [5.74, 6) is 0.347. The summed E-state index contributed by atoms with van der Waals surface area (Å²) in [5, 5.41) is -0.349. The molecule has 234 valence electrons. The average Bonchev–Trinajstić information content (AvgIpc) is 3.88. The number of rotatable bonds is 5. The van der Waals surface area contributed by atoms with E-state index in [1.807, 2.05) is 109 Å². The van der Waals surface area contributed by atoms with Gasteiger partial charge in [-0.25, -0.2) is 4.98 Å². The van der Waals surface area contributed by atoms with E-state index in [0.717, 1.165) is 22.3 Å². The normalized spacial score (nSPS) is 14.4. The van der Waals surface area contributed by atoms with Crippen molar-refractivity contribution in [1.82, 2.24) is 19.5 Å². The number of nitrogens with zero attached hydrogens (tertiary/aromatic N) is 4. The molecule has 0 aliphatic carbocycles. The second-order valence-corrected chi connectivity index (χ2v) is 11.7. The van der Waals surface area contributed by atoms with Gasteiger partial charge in [0, 0.05) is 38.7 Å². The average molecular weight is 651 g/mol. The zero-order chi connectivity index (χ0) is 41.7. The zero-order valence-corrected chi connectivity index (χ0v) is 26.1. The highest BCUT2D eigenvalue weighted by Gasteiger charge is 2.20. The molecule has 0 saturated carbocycles. The Morgan fingerprint density at radius 3 is 1.56 bits per heavy atom. The Morgan fingerprint density at radius 1 is 0.420 bits per heavy atom. The lowest BCUT2D eigenvalue weighted by Gasteiger charge is -2.11. The van der Waals surface area contributed by atoms with Gasteiger partial charge in [-0.1, -0.05) is 145 Å². The molecule has 0 N–H and O–H groups in total. The van der Waals surface area contributed by atoms with E-state index in [2.05, 4.69) is 0 Å². The molecule has 0 fully saturated rings. The van der Waals surface area contributed by atoms with Crippen LogP contribution in [-0.4, -0.2) is 19.5 Å². The highest BCUT2D eigenvalue weighted by molar-refractivity contribution is 6.17. The van der Waals surface area contributed by atoms with Crippen LogP contribution in [-0.2, 0) is 0 Å². The molecule has 0 aliphatic rings. The molecule has 3 aromatic heterocycles. The maximum atomic E-state index is 9.63. The van der Waals surface area contributed by atoms with Gasteiger partial charge in [0.15, 0.2) is 11.6 Å². The summed E-state index contributed by atoms with van der Waals surface area (Å²) in [7, 11) is 0. The van der Waals surface area contributed by atoms with Gasteiger partial charge in [-0.3, -0.25) is 4.57 Å². The lowest BCUT2D eigenvalue weighted by atomic mass is 10.0. The van der Waals surface area contributed by atoms with Crippen LogP contribution in [0.4, 0.5) is 0 Å². The maximum Gasteiger partial charge on any atom is 0.238 e. The highest BCUT2D eigenvalue weighted by Crippen LogP contribution is 2.38. The molecule has 3 heterocycles. The standard InChI is InChI=1S/C45H28N4O/c1-3-11-29(12-4-1)31-19-23-33(24-20-31)43-46-44(34-25-21-32(22-26-34)30-13-5-2-6-14-30)48-45(47-43)49-39-17-9-7-15-35(39)37-27-38-36-16-8-10-18-41(36)50-42(38)28-40(37)49/h1-28H/i7D,8D,9D,10D,15D,16D,17D,18D,27D,28D. The fourth-order valence-electron chi connectivity index (χ4n) is 6.30. The summed E-state index contributed by atoms with van der Waals surface area (Å²) in [5.41, 5.74) is 4.52. The third-order valence-corrected chi connectivity index (χ3v) is 8.74. The number of para-hydroxylation sites is 2. The maximum absolute atomic E-state index is 9.63. The van der Waals surface area contributed by atoms with Crippen molar-refractivity contribution in [2.45, 2.75) is 0 Å². The first kappa shape index (κ1) is 19.8. The Morgan fingerprint density at radius 2 is 0.940 bits per heavy atom. The first-order valence-electron chi connectivity index (χ1n) is 20.9. The lowest BCUT2D eigenvalue weighted by Crippen LogP contribution is -2.06. The van der Waals surface area contributed by atoms with E-state index in [1.54, 1.807) is 0 Å². The molecular formula is C45H28N4O. The van der Waals surface area contributed by atoms with Crippen LogP contribution in [0.1, 0.15) is 13.7 Å². The van der Waals surface area contributed by atoms with Crippen molar-refractivity contribution in [3.63, 3.8) is 0 Å². The van der Waals surface area contributed by atoms with Gasteiger partial charge in [0.25, 0.3) is 0 Å². The van der Waals surface area contributed by atoms with Gasteiger partial charge < -0.3 is 4.42 Å². The Hall–Kier alpha value is -6.85. The number of hydrogen-bond acceptors (Lipinski definition) is 4. The van der Waals surface area contributed by atoms with Crippen LogP contribution >= 0.6 is 0 Å². The SMILES string of the molecule is [2H]c1c([2H])c([2H])c2c(oc3c([2H])c4c(c([2H])c32)c2c([2H])c([2H])c([2H])c([2H])c2n4-c2nc(-c3ccc(-c4ccccc4)cc3)nc(-c3ccc(-c4ccccc4)cc3)n2)c1[2H]. The lowest BCUT2D eigenvalue weighted by molar-refractivity contribution is 0.669. The van der Waals surface area contributed by atoms with E-state index < -0.39 is 48.3 Å². The zero-order valence-electron chi connectivity index (χ0n) is 36.1. The molecule has 10 rings (SSSR count). The van der Waals surface area contributed by atoms with Crippen LogP contribution in [0.2, 0.25) is 0 Å². The van der Waals surface area contributed by atoms with E-state index >= 15 is 0 Å². The first-order valence-corrected chi connectivity index (χ1v) is 15.9. The van der Waals surface area contributed by atoms with Crippen LogP contribution in [0.3, 0.4) is 0 Å². The second-order valence-electron chi connectivity index (χ2n) is 11.7. The van der Waals surface area contributed by atoms with E-state index in [1.165, 1.54) is 4.57 Å². The van der Waals surface area contributed by atoms with Crippen molar-refractivity contribution in [3.05, 3.63) is 170 Å². The molecule has 10 aromatic rings. The van der Waals surface area contributed by atoms with E-state index in [4.69, 9.17) is 29.0 Å². The number of benzene rings is 7. The smallest absolute Gasteiger partial charge is 0.238 e. The minimum Gasteiger partial charge on any atom is -0.456 e. The Balaban J connectivity index is 1.31. The van der Waals surface area contributed by atoms with E-state index in [-0.39, 0.29) is 73.4 Å². The second kappa shape index (κ2) is 11.4. The van der Waals surface area contributed by atoms with Gasteiger partial charge in [0.2, 0.25) is 5.95 Å². The molecule has 0 unspecified atom stereocenters. The van der Waals surface area contributed by atoms with E-state index in [0.29, 0.717) is 11.1 Å². The molecular weight excluding hydrogens is 613 g/mol. The summed E-state index contributed by atoms with van der Waals surface area (Å²) in [6.07, 6.45) is 0. The van der Waals surface area contributed by atoms with Crippen molar-refractivity contribution in [2.75, 3.05) is 0 Å². The van der Waals surface area contributed by atoms with Crippen LogP contribution in [0.15, 0.2) is 174 Å². The molecule has 0 amide bonds. The van der Waals surface area contributed by atoms with Gasteiger partial charge in [-0.05, 0) is 40.4 Å². The molecule has 0 atom stereocenters. The van der Waals surface area contributed by atoms with Crippen molar-refractivity contribution in [1.29, 1.82) is 0 Å². The van der Waals surface area contributed by atoms with Crippen LogP contribution < -0.4 is 0 Å². The third kappa shape index (κ3) is 4.67. The minimum atomic E-state index is -0.564. The summed E-state index contributed by atoms with van der Waals surface area (Å²) in [6.45, 7) is 0. The van der Waals surface area contributed by atoms with Crippen LogP contribution in [0, 0.1) is 0 Å². The van der Waals surface area contributed by atoms with Crippen molar-refractivity contribution in [2.24, 2.45) is 0 Å². The van der Waals surface area contributed by atoms with Crippen LogP contribution in [0.25, 0.3) is 94.7 Å². The summed E-state index contributed by atoms with van der Waals surface area (Å²) < 4.78 is 96.1. The highest BCUT2D eigenvalue weighted by atomic mass is 16.3. The predicted molar refractivity (Wildman–Crippen MR) is 203 cm³/mol. The monoisotopic (exact) mass is 650 g/mol. The molecule has 0 radical (unpaired) electrons. The van der Waals surface area contributed by atoms with Crippen LogP contribution in [0.5, 0.6) is 0 Å². The predicted octanol–water partition coefficient (Wildman–Crippen LogP) is 11.5. The summed E-state index contributed by atoms with van der Waals surface area (Å²) in [6, 6.07) is 30.1. The Kier molecular flexibility index (Phi) is 4.52. The van der Waals surface area contributed by atoms with E-state index in [9.17, 15) is 4.11 Å². The minimum absolute atomic E-state index is 0.0625. The largest absolute Gasteiger partial charge is 0.456 e. The Bertz CT molecular complexity index is 3310. The molecule has 5 nitrogen and oxygen atoms in total. The number of hydrogen-bond donors (Lipinski definition) is 0. The van der Waals surface area contributed by atoms with Crippen molar-refractivity contribution < 1.29 is 18.1 Å².